The van der Waals surface area contributed by atoms with Gasteiger partial charge in [0.05, 0.1) is 6.61 Å². The number of nitrogens with two attached hydrogens (primary N) is 1. The quantitative estimate of drug-likeness (QED) is 0.640. The van der Waals surface area contributed by atoms with Crippen molar-refractivity contribution < 1.29 is 9.53 Å². The minimum Gasteiger partial charge on any atom is -0.383 e. The summed E-state index contributed by atoms with van der Waals surface area (Å²) in [7, 11) is 1.63. The van der Waals surface area contributed by atoms with Crippen molar-refractivity contribution >= 4 is 5.91 Å². The van der Waals surface area contributed by atoms with Crippen LogP contribution in [0.25, 0.3) is 0 Å². The van der Waals surface area contributed by atoms with E-state index in [0.717, 1.165) is 12.8 Å². The number of rotatable bonds is 6. The van der Waals surface area contributed by atoms with Crippen LogP contribution in [0, 0.1) is 11.8 Å². The van der Waals surface area contributed by atoms with Crippen LogP contribution >= 0.6 is 0 Å². The van der Waals surface area contributed by atoms with Gasteiger partial charge in [-0.3, -0.25) is 4.79 Å². The highest BCUT2D eigenvalue weighted by Gasteiger charge is 2.38. The Morgan fingerprint density at radius 2 is 2.36 bits per heavy atom. The van der Waals surface area contributed by atoms with E-state index in [-0.39, 0.29) is 17.9 Å². The molecule has 1 aliphatic carbocycles. The van der Waals surface area contributed by atoms with Crippen molar-refractivity contribution in [2.75, 3.05) is 20.3 Å². The molecule has 1 saturated carbocycles. The Labute approximate surface area is 85.2 Å². The predicted octanol–water partition coefficient (Wildman–Crippen LogP) is 0.122. The fourth-order valence-electron chi connectivity index (χ4n) is 1.50. The lowest BCUT2D eigenvalue weighted by Gasteiger charge is -2.10. The molecule has 0 bridgehead atoms. The van der Waals surface area contributed by atoms with Gasteiger partial charge in [0.1, 0.15) is 0 Å². The van der Waals surface area contributed by atoms with Crippen molar-refractivity contribution in [2.45, 2.75) is 25.8 Å². The Bertz CT molecular complexity index is 197. The van der Waals surface area contributed by atoms with Crippen molar-refractivity contribution in [3.8, 4) is 0 Å². The van der Waals surface area contributed by atoms with Crippen molar-refractivity contribution in [3.05, 3.63) is 0 Å². The third-order valence-electron chi connectivity index (χ3n) is 2.64. The van der Waals surface area contributed by atoms with E-state index in [9.17, 15) is 4.79 Å². The molecule has 0 radical (unpaired) electrons. The standard InChI is InChI=1S/C10H20N2O2/c1-7-5-9(7)10(13)12-4-3-8(11)6-14-2/h7-9H,3-6,11H2,1-2H3,(H,12,13). The van der Waals surface area contributed by atoms with Crippen LogP contribution in [-0.2, 0) is 9.53 Å². The molecule has 0 aromatic heterocycles. The maximum absolute atomic E-state index is 11.4. The summed E-state index contributed by atoms with van der Waals surface area (Å²) in [4.78, 5) is 11.4. The largest absolute Gasteiger partial charge is 0.383 e. The van der Waals surface area contributed by atoms with E-state index >= 15 is 0 Å². The fraction of sp³-hybridized carbons (Fsp3) is 0.900. The number of hydrogen-bond acceptors (Lipinski definition) is 3. The van der Waals surface area contributed by atoms with Crippen LogP contribution < -0.4 is 11.1 Å². The summed E-state index contributed by atoms with van der Waals surface area (Å²) in [5.41, 5.74) is 5.71. The van der Waals surface area contributed by atoms with Gasteiger partial charge in [0, 0.05) is 25.6 Å². The zero-order valence-electron chi connectivity index (χ0n) is 8.95. The Morgan fingerprint density at radius 1 is 1.71 bits per heavy atom. The molecule has 3 atom stereocenters. The van der Waals surface area contributed by atoms with Crippen LogP contribution in [0.2, 0.25) is 0 Å². The van der Waals surface area contributed by atoms with Gasteiger partial charge in [-0.05, 0) is 18.8 Å². The Kier molecular flexibility index (Phi) is 4.35. The molecule has 0 heterocycles. The minimum atomic E-state index is 0.0249. The average molecular weight is 200 g/mol. The molecular weight excluding hydrogens is 180 g/mol. The van der Waals surface area contributed by atoms with E-state index in [0.29, 0.717) is 19.1 Å². The molecule has 0 spiro atoms. The van der Waals surface area contributed by atoms with Crippen molar-refractivity contribution in [1.82, 2.24) is 5.32 Å². The molecule has 0 aromatic rings. The highest BCUT2D eigenvalue weighted by Crippen LogP contribution is 2.37. The second-order valence-corrected chi connectivity index (χ2v) is 4.11. The first-order valence-electron chi connectivity index (χ1n) is 5.17. The summed E-state index contributed by atoms with van der Waals surface area (Å²) >= 11 is 0. The lowest BCUT2D eigenvalue weighted by Crippen LogP contribution is -2.33. The van der Waals surface area contributed by atoms with E-state index in [1.807, 2.05) is 0 Å². The predicted molar refractivity (Wildman–Crippen MR) is 54.7 cm³/mol. The van der Waals surface area contributed by atoms with Crippen LogP contribution in [0.5, 0.6) is 0 Å². The average Bonchev–Trinajstić information content (AvgIpc) is 2.83. The number of carbonyl (C=O) groups is 1. The van der Waals surface area contributed by atoms with E-state index in [1.165, 1.54) is 0 Å². The Morgan fingerprint density at radius 3 is 2.86 bits per heavy atom. The van der Waals surface area contributed by atoms with Crippen LogP contribution in [0.4, 0.5) is 0 Å². The SMILES string of the molecule is COCC(N)CCNC(=O)C1CC1C. The number of nitrogens with one attached hydrogen (secondary N) is 1. The third-order valence-corrected chi connectivity index (χ3v) is 2.64. The van der Waals surface area contributed by atoms with Gasteiger partial charge in [-0.1, -0.05) is 6.92 Å². The Balaban J connectivity index is 2.00. The first-order chi connectivity index (χ1) is 6.65. The second-order valence-electron chi connectivity index (χ2n) is 4.11. The van der Waals surface area contributed by atoms with Gasteiger partial charge < -0.3 is 15.8 Å². The van der Waals surface area contributed by atoms with Gasteiger partial charge in [0.15, 0.2) is 0 Å². The lowest BCUT2D eigenvalue weighted by atomic mass is 10.2. The molecule has 82 valence electrons. The summed E-state index contributed by atoms with van der Waals surface area (Å²) in [5.74, 6) is 1.01. The molecule has 14 heavy (non-hydrogen) atoms. The third kappa shape index (κ3) is 3.64. The molecule has 1 aliphatic rings. The van der Waals surface area contributed by atoms with E-state index < -0.39 is 0 Å². The summed E-state index contributed by atoms with van der Waals surface area (Å²) in [6.07, 6.45) is 1.82. The normalized spacial score (nSPS) is 27.1. The molecule has 1 rings (SSSR count). The first-order valence-corrected chi connectivity index (χ1v) is 5.17. The van der Waals surface area contributed by atoms with Gasteiger partial charge in [0.2, 0.25) is 5.91 Å². The Hall–Kier alpha value is -0.610. The minimum absolute atomic E-state index is 0.0249. The summed E-state index contributed by atoms with van der Waals surface area (Å²) in [6, 6.07) is 0.0249. The zero-order valence-corrected chi connectivity index (χ0v) is 8.95. The highest BCUT2D eigenvalue weighted by atomic mass is 16.5. The first kappa shape index (κ1) is 11.5. The van der Waals surface area contributed by atoms with Gasteiger partial charge in [-0.25, -0.2) is 0 Å². The van der Waals surface area contributed by atoms with Gasteiger partial charge >= 0.3 is 0 Å². The van der Waals surface area contributed by atoms with Gasteiger partial charge in [-0.2, -0.15) is 0 Å². The summed E-state index contributed by atoms with van der Waals surface area (Å²) < 4.78 is 4.90. The van der Waals surface area contributed by atoms with Gasteiger partial charge in [-0.15, -0.1) is 0 Å². The molecule has 3 unspecified atom stereocenters. The molecule has 1 amide bonds. The summed E-state index contributed by atoms with van der Waals surface area (Å²) in [6.45, 7) is 3.31. The van der Waals surface area contributed by atoms with Crippen molar-refractivity contribution in [1.29, 1.82) is 0 Å². The fourth-order valence-corrected chi connectivity index (χ4v) is 1.50. The molecular formula is C10H20N2O2. The molecule has 1 fully saturated rings. The maximum atomic E-state index is 11.4. The number of ether oxygens (including phenoxy) is 1. The molecule has 4 heteroatoms. The van der Waals surface area contributed by atoms with Crippen LogP contribution in [-0.4, -0.2) is 32.2 Å². The smallest absolute Gasteiger partial charge is 0.223 e. The van der Waals surface area contributed by atoms with Crippen LogP contribution in [0.15, 0.2) is 0 Å². The highest BCUT2D eigenvalue weighted by molar-refractivity contribution is 5.81. The monoisotopic (exact) mass is 200 g/mol. The van der Waals surface area contributed by atoms with Crippen LogP contribution in [0.1, 0.15) is 19.8 Å². The molecule has 3 N–H and O–H groups in total. The zero-order chi connectivity index (χ0) is 10.6. The van der Waals surface area contributed by atoms with Crippen molar-refractivity contribution in [3.63, 3.8) is 0 Å². The second kappa shape index (κ2) is 5.32. The van der Waals surface area contributed by atoms with Gasteiger partial charge in [0.25, 0.3) is 0 Å². The number of hydrogen-bond donors (Lipinski definition) is 2. The molecule has 0 saturated heterocycles. The maximum Gasteiger partial charge on any atom is 0.223 e. The topological polar surface area (TPSA) is 64.3 Å². The van der Waals surface area contributed by atoms with Crippen molar-refractivity contribution in [2.24, 2.45) is 17.6 Å². The number of amides is 1. The van der Waals surface area contributed by atoms with E-state index in [2.05, 4.69) is 12.2 Å². The summed E-state index contributed by atoms with van der Waals surface area (Å²) in [5, 5.41) is 2.89. The number of carbonyl (C=O) groups excluding carboxylic acids is 1. The lowest BCUT2D eigenvalue weighted by molar-refractivity contribution is -0.122. The molecule has 0 aliphatic heterocycles. The van der Waals surface area contributed by atoms with E-state index in [4.69, 9.17) is 10.5 Å². The van der Waals surface area contributed by atoms with E-state index in [1.54, 1.807) is 7.11 Å². The van der Waals surface area contributed by atoms with Crippen LogP contribution in [0.3, 0.4) is 0 Å². The number of methoxy groups -OCH3 is 1. The molecule has 4 nitrogen and oxygen atoms in total. The molecule has 0 aromatic carbocycles.